The SMILES string of the molecule is C=C[C@@]1(OP)[C@H](OP)[C@@H]2C=C[C@H]1OO2. The minimum absolute atomic E-state index is 0.268. The molecule has 0 aromatic carbocycles. The normalized spacial score (nSPS) is 45.4. The molecule has 6 heteroatoms. The number of hydrogen-bond donors (Lipinski definition) is 0. The van der Waals surface area contributed by atoms with E-state index in [2.05, 4.69) is 25.5 Å². The summed E-state index contributed by atoms with van der Waals surface area (Å²) in [4.78, 5) is 10.2. The van der Waals surface area contributed by atoms with Gasteiger partial charge in [0.2, 0.25) is 0 Å². The predicted octanol–water partition coefficient (Wildman–Crippen LogP) is 1.16. The van der Waals surface area contributed by atoms with Crippen LogP contribution < -0.4 is 0 Å². The zero-order valence-electron chi connectivity index (χ0n) is 7.46. The van der Waals surface area contributed by atoms with Crippen LogP contribution in [0.15, 0.2) is 24.8 Å². The maximum absolute atomic E-state index is 5.37. The molecule has 2 heterocycles. The molecule has 2 aliphatic heterocycles. The van der Waals surface area contributed by atoms with Crippen molar-refractivity contribution in [3.63, 3.8) is 0 Å². The molecule has 0 amide bonds. The summed E-state index contributed by atoms with van der Waals surface area (Å²) in [6.45, 7) is 3.75. The largest absolute Gasteiger partial charge is 0.356 e. The Bertz CT molecular complexity index is 270. The minimum atomic E-state index is -0.704. The van der Waals surface area contributed by atoms with Crippen molar-refractivity contribution in [3.05, 3.63) is 24.8 Å². The van der Waals surface area contributed by atoms with Gasteiger partial charge in [0.25, 0.3) is 0 Å². The van der Waals surface area contributed by atoms with Crippen molar-refractivity contribution < 1.29 is 18.8 Å². The van der Waals surface area contributed by atoms with Gasteiger partial charge < -0.3 is 9.05 Å². The second kappa shape index (κ2) is 3.97. The summed E-state index contributed by atoms with van der Waals surface area (Å²) in [5, 5.41) is 0. The molecule has 2 bridgehead atoms. The van der Waals surface area contributed by atoms with E-state index in [0.717, 1.165) is 0 Å². The summed E-state index contributed by atoms with van der Waals surface area (Å²) >= 11 is 0. The minimum Gasteiger partial charge on any atom is -0.356 e. The van der Waals surface area contributed by atoms with Gasteiger partial charge >= 0.3 is 0 Å². The molecule has 3 aliphatic rings. The zero-order valence-corrected chi connectivity index (χ0v) is 9.77. The van der Waals surface area contributed by atoms with Gasteiger partial charge in [-0.15, -0.1) is 6.58 Å². The number of fused-ring (bicyclic) bond motifs is 2. The molecule has 6 atom stereocenters. The molecular weight excluding hydrogens is 222 g/mol. The summed E-state index contributed by atoms with van der Waals surface area (Å²) < 4.78 is 10.6. The summed E-state index contributed by atoms with van der Waals surface area (Å²) in [6.07, 6.45) is 4.60. The third kappa shape index (κ3) is 1.30. The van der Waals surface area contributed by atoms with Gasteiger partial charge in [-0.2, -0.15) is 0 Å². The van der Waals surface area contributed by atoms with Crippen LogP contribution in [0.25, 0.3) is 0 Å². The van der Waals surface area contributed by atoms with Crippen molar-refractivity contribution in [1.82, 2.24) is 0 Å². The lowest BCUT2D eigenvalue weighted by molar-refractivity contribution is -0.406. The van der Waals surface area contributed by atoms with E-state index in [-0.39, 0.29) is 18.3 Å². The van der Waals surface area contributed by atoms with E-state index >= 15 is 0 Å². The van der Waals surface area contributed by atoms with Crippen LogP contribution in [0, 0.1) is 0 Å². The van der Waals surface area contributed by atoms with Crippen LogP contribution >= 0.6 is 18.9 Å². The first-order valence-corrected chi connectivity index (χ1v) is 5.10. The molecular formula is C8H12O4P2. The topological polar surface area (TPSA) is 36.9 Å². The standard InChI is InChI=1S/C8H12O4P2/c1-2-8(12-14)6-4-3-5(9-10-6)7(8)11-13/h2-7H,1,13-14H2/t5-,6+,7+,8-/m0/s1. The lowest BCUT2D eigenvalue weighted by Gasteiger charge is -2.48. The maximum atomic E-state index is 5.37. The predicted molar refractivity (Wildman–Crippen MR) is 57.2 cm³/mol. The van der Waals surface area contributed by atoms with Crippen LogP contribution in [0.1, 0.15) is 0 Å². The summed E-state index contributed by atoms with van der Waals surface area (Å²) in [7, 11) is 4.43. The molecule has 0 N–H and O–H groups in total. The van der Waals surface area contributed by atoms with Crippen molar-refractivity contribution >= 4 is 18.9 Å². The molecule has 0 saturated carbocycles. The Kier molecular flexibility index (Phi) is 3.03. The van der Waals surface area contributed by atoms with Crippen LogP contribution in [-0.2, 0) is 18.8 Å². The number of rotatable bonds is 3. The van der Waals surface area contributed by atoms with Gasteiger partial charge in [-0.05, 0) is 0 Å². The van der Waals surface area contributed by atoms with Gasteiger partial charge in [-0.1, -0.05) is 18.2 Å². The average molecular weight is 234 g/mol. The Hall–Kier alpha value is 0.180. The summed E-state index contributed by atoms with van der Waals surface area (Å²) in [5.74, 6) is 0. The fourth-order valence-corrected chi connectivity index (χ4v) is 2.52. The Morgan fingerprint density at radius 3 is 2.50 bits per heavy atom. The average Bonchev–Trinajstić information content (AvgIpc) is 2.29. The summed E-state index contributed by atoms with van der Waals surface area (Å²) in [6, 6.07) is 0. The molecule has 78 valence electrons. The molecule has 0 radical (unpaired) electrons. The molecule has 0 spiro atoms. The van der Waals surface area contributed by atoms with Crippen molar-refractivity contribution in [1.29, 1.82) is 0 Å². The monoisotopic (exact) mass is 234 g/mol. The lowest BCUT2D eigenvalue weighted by Crippen LogP contribution is -2.62. The fourth-order valence-electron chi connectivity index (χ4n) is 1.79. The number of hydrogen-bond acceptors (Lipinski definition) is 4. The van der Waals surface area contributed by atoms with E-state index < -0.39 is 5.60 Å². The molecule has 14 heavy (non-hydrogen) atoms. The Labute approximate surface area is 87.1 Å². The maximum Gasteiger partial charge on any atom is 0.152 e. The first kappa shape index (κ1) is 10.7. The highest BCUT2D eigenvalue weighted by atomic mass is 31.0. The molecule has 2 unspecified atom stereocenters. The molecule has 1 aliphatic carbocycles. The van der Waals surface area contributed by atoms with Gasteiger partial charge in [0.05, 0.1) is 0 Å². The second-order valence-corrected chi connectivity index (χ2v) is 3.70. The van der Waals surface area contributed by atoms with Crippen LogP contribution in [-0.4, -0.2) is 23.9 Å². The van der Waals surface area contributed by atoms with Gasteiger partial charge in [0.15, 0.2) is 5.60 Å². The highest BCUT2D eigenvalue weighted by Gasteiger charge is 2.55. The van der Waals surface area contributed by atoms with E-state index in [9.17, 15) is 0 Å². The van der Waals surface area contributed by atoms with Gasteiger partial charge in [-0.3, -0.25) is 0 Å². The highest BCUT2D eigenvalue weighted by molar-refractivity contribution is 7.10. The molecule has 4 nitrogen and oxygen atoms in total. The van der Waals surface area contributed by atoms with Crippen LogP contribution in [0.5, 0.6) is 0 Å². The third-order valence-corrected chi connectivity index (χ3v) is 3.30. The molecule has 1 fully saturated rings. The van der Waals surface area contributed by atoms with Crippen LogP contribution in [0.2, 0.25) is 0 Å². The highest BCUT2D eigenvalue weighted by Crippen LogP contribution is 2.41. The van der Waals surface area contributed by atoms with Crippen LogP contribution in [0.4, 0.5) is 0 Å². The lowest BCUT2D eigenvalue weighted by atomic mass is 9.82. The van der Waals surface area contributed by atoms with E-state index in [4.69, 9.17) is 18.8 Å². The first-order chi connectivity index (χ1) is 6.78. The molecule has 0 aromatic rings. The van der Waals surface area contributed by atoms with Crippen molar-refractivity contribution in [2.45, 2.75) is 23.9 Å². The van der Waals surface area contributed by atoms with Crippen LogP contribution in [0.3, 0.4) is 0 Å². The van der Waals surface area contributed by atoms with E-state index in [1.807, 2.05) is 12.2 Å². The van der Waals surface area contributed by atoms with Gasteiger partial charge in [0.1, 0.15) is 18.3 Å². The summed E-state index contributed by atoms with van der Waals surface area (Å²) in [5.41, 5.74) is -0.704. The van der Waals surface area contributed by atoms with Crippen molar-refractivity contribution in [2.75, 3.05) is 0 Å². The van der Waals surface area contributed by atoms with Crippen molar-refractivity contribution in [2.24, 2.45) is 0 Å². The molecule has 1 saturated heterocycles. The first-order valence-electron chi connectivity index (χ1n) is 4.16. The van der Waals surface area contributed by atoms with Gasteiger partial charge in [-0.25, -0.2) is 9.78 Å². The van der Waals surface area contributed by atoms with Crippen molar-refractivity contribution in [3.8, 4) is 0 Å². The Balaban J connectivity index is 2.38. The Morgan fingerprint density at radius 2 is 2.14 bits per heavy atom. The quantitative estimate of drug-likeness (QED) is 0.417. The van der Waals surface area contributed by atoms with E-state index in [0.29, 0.717) is 0 Å². The van der Waals surface area contributed by atoms with Gasteiger partial charge in [0, 0.05) is 18.9 Å². The van der Waals surface area contributed by atoms with E-state index in [1.165, 1.54) is 0 Å². The molecule has 0 aromatic heterocycles. The van der Waals surface area contributed by atoms with E-state index in [1.54, 1.807) is 6.08 Å². The smallest absolute Gasteiger partial charge is 0.152 e. The Morgan fingerprint density at radius 1 is 1.36 bits per heavy atom. The second-order valence-electron chi connectivity index (χ2n) is 3.19. The zero-order chi connectivity index (χ0) is 10.2. The third-order valence-electron chi connectivity index (χ3n) is 2.60. The molecule has 3 rings (SSSR count). The fraction of sp³-hybridized carbons (Fsp3) is 0.500.